The number of aryl methyl sites for hydroxylation is 1. The molecule has 1 aromatic heterocycles. The number of aromatic nitrogens is 2. The number of nitrogens with two attached hydrogens (primary N) is 1. The maximum absolute atomic E-state index is 6.26. The number of rotatable bonds is 4. The molecule has 0 aliphatic heterocycles. The van der Waals surface area contributed by atoms with E-state index in [-0.39, 0.29) is 17.6 Å². The molecule has 5 nitrogen and oxygen atoms in total. The molecule has 0 fully saturated rings. The third kappa shape index (κ3) is 3.19. The van der Waals surface area contributed by atoms with Crippen molar-refractivity contribution in [3.63, 3.8) is 0 Å². The van der Waals surface area contributed by atoms with Gasteiger partial charge in [-0.1, -0.05) is 25.4 Å². The molecule has 1 aromatic carbocycles. The minimum atomic E-state index is 0.234. The molecule has 0 spiro atoms. The van der Waals surface area contributed by atoms with Gasteiger partial charge in [0.05, 0.1) is 7.11 Å². The first kappa shape index (κ1) is 15.4. The van der Waals surface area contributed by atoms with E-state index in [4.69, 9.17) is 26.8 Å². The first-order valence-corrected chi connectivity index (χ1v) is 6.94. The molecular formula is C15H18ClN3O2. The van der Waals surface area contributed by atoms with Gasteiger partial charge in [-0.25, -0.2) is 4.98 Å². The van der Waals surface area contributed by atoms with Crippen molar-refractivity contribution in [2.24, 2.45) is 0 Å². The minimum Gasteiger partial charge on any atom is -0.489 e. The fourth-order valence-electron chi connectivity index (χ4n) is 1.96. The zero-order valence-corrected chi connectivity index (χ0v) is 13.2. The van der Waals surface area contributed by atoms with Crippen LogP contribution in [0, 0.1) is 6.92 Å². The Morgan fingerprint density at radius 1 is 1.24 bits per heavy atom. The molecule has 6 heteroatoms. The average molecular weight is 308 g/mol. The van der Waals surface area contributed by atoms with E-state index in [0.29, 0.717) is 11.5 Å². The number of hydrogen-bond acceptors (Lipinski definition) is 5. The van der Waals surface area contributed by atoms with Gasteiger partial charge < -0.3 is 15.2 Å². The number of halogens is 1. The van der Waals surface area contributed by atoms with Gasteiger partial charge in [0.2, 0.25) is 5.75 Å². The second-order valence-corrected chi connectivity index (χ2v) is 5.40. The summed E-state index contributed by atoms with van der Waals surface area (Å²) in [5, 5.41) is 0.726. The summed E-state index contributed by atoms with van der Waals surface area (Å²) in [5.74, 6) is 1.79. The first-order valence-electron chi connectivity index (χ1n) is 6.56. The molecule has 2 aromatic rings. The molecule has 0 saturated carbocycles. The van der Waals surface area contributed by atoms with Gasteiger partial charge in [-0.15, -0.1) is 0 Å². The summed E-state index contributed by atoms with van der Waals surface area (Å²) in [6, 6.07) is 3.79. The molecule has 2 rings (SSSR count). The van der Waals surface area contributed by atoms with Gasteiger partial charge in [0.1, 0.15) is 12.1 Å². The number of nitrogen functional groups attached to an aromatic ring is 1. The monoisotopic (exact) mass is 307 g/mol. The smallest absolute Gasteiger partial charge is 0.268 e. The van der Waals surface area contributed by atoms with Crippen molar-refractivity contribution in [3.8, 4) is 17.4 Å². The summed E-state index contributed by atoms with van der Waals surface area (Å²) in [7, 11) is 1.50. The summed E-state index contributed by atoms with van der Waals surface area (Å²) >= 11 is 6.26. The highest BCUT2D eigenvalue weighted by atomic mass is 35.5. The lowest BCUT2D eigenvalue weighted by Gasteiger charge is -2.15. The lowest BCUT2D eigenvalue weighted by molar-refractivity contribution is 0.368. The van der Waals surface area contributed by atoms with Crippen molar-refractivity contribution in [1.82, 2.24) is 9.97 Å². The van der Waals surface area contributed by atoms with Crippen LogP contribution in [-0.2, 0) is 0 Å². The van der Waals surface area contributed by atoms with Crippen LogP contribution in [0.5, 0.6) is 17.4 Å². The molecule has 21 heavy (non-hydrogen) atoms. The third-order valence-corrected chi connectivity index (χ3v) is 3.45. The van der Waals surface area contributed by atoms with Crippen LogP contribution in [0.25, 0.3) is 0 Å². The van der Waals surface area contributed by atoms with E-state index in [1.54, 1.807) is 0 Å². The van der Waals surface area contributed by atoms with Crippen molar-refractivity contribution in [3.05, 3.63) is 34.6 Å². The van der Waals surface area contributed by atoms with E-state index in [9.17, 15) is 0 Å². The molecule has 2 N–H and O–H groups in total. The number of hydrogen-bond donors (Lipinski definition) is 1. The molecule has 1 heterocycles. The van der Waals surface area contributed by atoms with Crippen LogP contribution in [0.4, 0.5) is 5.82 Å². The summed E-state index contributed by atoms with van der Waals surface area (Å²) in [5.41, 5.74) is 7.67. The van der Waals surface area contributed by atoms with Crippen LogP contribution in [0.3, 0.4) is 0 Å². The Morgan fingerprint density at radius 3 is 2.57 bits per heavy atom. The number of ether oxygens (including phenoxy) is 2. The predicted molar refractivity (Wildman–Crippen MR) is 83.3 cm³/mol. The summed E-state index contributed by atoms with van der Waals surface area (Å²) in [6.45, 7) is 6.06. The highest BCUT2D eigenvalue weighted by Crippen LogP contribution is 2.37. The van der Waals surface area contributed by atoms with Crippen LogP contribution in [0.2, 0.25) is 5.02 Å². The Labute approximate surface area is 129 Å². The van der Waals surface area contributed by atoms with Crippen LogP contribution >= 0.6 is 11.6 Å². The highest BCUT2D eigenvalue weighted by molar-refractivity contribution is 6.31. The normalized spacial score (nSPS) is 10.8. The number of anilines is 1. The Bertz CT molecular complexity index is 660. The topological polar surface area (TPSA) is 70.3 Å². The van der Waals surface area contributed by atoms with Gasteiger partial charge in [0, 0.05) is 5.02 Å². The first-order chi connectivity index (χ1) is 9.93. The number of benzene rings is 1. The fraction of sp³-hybridized carbons (Fsp3) is 0.333. The largest absolute Gasteiger partial charge is 0.489 e. The quantitative estimate of drug-likeness (QED) is 0.926. The van der Waals surface area contributed by atoms with Gasteiger partial charge in [-0.2, -0.15) is 4.98 Å². The van der Waals surface area contributed by atoms with Gasteiger partial charge >= 0.3 is 0 Å². The Hall–Kier alpha value is -2.01. The van der Waals surface area contributed by atoms with E-state index in [1.165, 1.54) is 13.4 Å². The lowest BCUT2D eigenvalue weighted by Crippen LogP contribution is -2.01. The summed E-state index contributed by atoms with van der Waals surface area (Å²) < 4.78 is 11.0. The molecule has 0 unspecified atom stereocenters. The van der Waals surface area contributed by atoms with Crippen LogP contribution in [-0.4, -0.2) is 17.1 Å². The average Bonchev–Trinajstić information content (AvgIpc) is 2.41. The van der Waals surface area contributed by atoms with Gasteiger partial charge in [0.15, 0.2) is 5.82 Å². The number of methoxy groups -OCH3 is 1. The van der Waals surface area contributed by atoms with E-state index in [2.05, 4.69) is 23.8 Å². The molecule has 0 aliphatic carbocycles. The molecule has 0 atom stereocenters. The summed E-state index contributed by atoms with van der Waals surface area (Å²) in [4.78, 5) is 7.95. The van der Waals surface area contributed by atoms with Crippen molar-refractivity contribution < 1.29 is 9.47 Å². The Kier molecular flexibility index (Phi) is 4.53. The van der Waals surface area contributed by atoms with Crippen molar-refractivity contribution in [2.75, 3.05) is 12.8 Å². The SMILES string of the molecule is COc1c(N)ncnc1Oc1cc(C(C)C)c(Cl)cc1C. The maximum atomic E-state index is 6.26. The van der Waals surface area contributed by atoms with Gasteiger partial charge in [0.25, 0.3) is 5.88 Å². The Morgan fingerprint density at radius 2 is 1.95 bits per heavy atom. The minimum absolute atomic E-state index is 0.234. The second-order valence-electron chi connectivity index (χ2n) is 4.99. The molecule has 0 aliphatic rings. The van der Waals surface area contributed by atoms with Crippen molar-refractivity contribution in [2.45, 2.75) is 26.7 Å². The molecular weight excluding hydrogens is 290 g/mol. The zero-order valence-electron chi connectivity index (χ0n) is 12.5. The van der Waals surface area contributed by atoms with E-state index in [1.807, 2.05) is 19.1 Å². The molecule has 112 valence electrons. The number of nitrogens with zero attached hydrogens (tertiary/aromatic N) is 2. The van der Waals surface area contributed by atoms with Crippen molar-refractivity contribution in [1.29, 1.82) is 0 Å². The van der Waals surface area contributed by atoms with Gasteiger partial charge in [-0.3, -0.25) is 0 Å². The highest BCUT2D eigenvalue weighted by Gasteiger charge is 2.15. The Balaban J connectivity index is 2.45. The third-order valence-electron chi connectivity index (χ3n) is 3.13. The standard InChI is InChI=1S/C15H18ClN3O2/c1-8(2)10-6-12(9(3)5-11(10)16)21-15-13(20-4)14(17)18-7-19-15/h5-8H,1-4H3,(H2,17,18,19). The molecule has 0 radical (unpaired) electrons. The lowest BCUT2D eigenvalue weighted by atomic mass is 10.0. The zero-order chi connectivity index (χ0) is 15.6. The predicted octanol–water partition coefficient (Wildman–Crippen LogP) is 3.94. The van der Waals surface area contributed by atoms with E-state index >= 15 is 0 Å². The van der Waals surface area contributed by atoms with Gasteiger partial charge in [-0.05, 0) is 36.1 Å². The van der Waals surface area contributed by atoms with Crippen LogP contribution in [0.1, 0.15) is 30.9 Å². The van der Waals surface area contributed by atoms with E-state index in [0.717, 1.165) is 16.1 Å². The second kappa shape index (κ2) is 6.18. The molecule has 0 bridgehead atoms. The molecule has 0 saturated heterocycles. The van der Waals surface area contributed by atoms with Crippen molar-refractivity contribution >= 4 is 17.4 Å². The summed E-state index contributed by atoms with van der Waals surface area (Å²) in [6.07, 6.45) is 1.34. The van der Waals surface area contributed by atoms with Crippen LogP contribution in [0.15, 0.2) is 18.5 Å². The molecule has 0 amide bonds. The van der Waals surface area contributed by atoms with Crippen LogP contribution < -0.4 is 15.2 Å². The fourth-order valence-corrected chi connectivity index (χ4v) is 2.40. The van der Waals surface area contributed by atoms with E-state index < -0.39 is 0 Å². The maximum Gasteiger partial charge on any atom is 0.268 e.